The van der Waals surface area contributed by atoms with Crippen molar-refractivity contribution in [3.05, 3.63) is 101 Å². The van der Waals surface area contributed by atoms with Crippen LogP contribution in [-0.2, 0) is 16.9 Å². The largest absolute Gasteiger partial charge is 0.430 e. The van der Waals surface area contributed by atoms with Gasteiger partial charge < -0.3 is 5.11 Å². The number of thioether (sulfide) groups is 1. The Morgan fingerprint density at radius 2 is 1.46 bits per heavy atom. The van der Waals surface area contributed by atoms with E-state index in [1.165, 1.54) is 36.0 Å². The Hall–Kier alpha value is -2.63. The fraction of sp³-hybridized carbons (Fsp3) is 0.308. The molecule has 3 aromatic rings. The molecule has 1 atom stereocenters. The summed E-state index contributed by atoms with van der Waals surface area (Å²) in [5, 5.41) is 9.69. The van der Waals surface area contributed by atoms with E-state index in [1.807, 2.05) is 35.2 Å². The van der Waals surface area contributed by atoms with E-state index in [0.717, 1.165) is 11.6 Å². The van der Waals surface area contributed by atoms with Crippen molar-refractivity contribution in [3.8, 4) is 0 Å². The Morgan fingerprint density at radius 3 is 2.03 bits per heavy atom. The average Bonchev–Trinajstić information content (AvgIpc) is 3.22. The zero-order valence-electron chi connectivity index (χ0n) is 19.1. The summed E-state index contributed by atoms with van der Waals surface area (Å²) >= 11 is 1.23. The van der Waals surface area contributed by atoms with Crippen LogP contribution < -0.4 is 0 Å². The van der Waals surface area contributed by atoms with Crippen molar-refractivity contribution in [2.24, 2.45) is 0 Å². The third-order valence-electron chi connectivity index (χ3n) is 6.39. The van der Waals surface area contributed by atoms with Crippen LogP contribution in [0.1, 0.15) is 23.1 Å². The first-order chi connectivity index (χ1) is 17.2. The second-order valence-electron chi connectivity index (χ2n) is 8.90. The number of rotatable bonds is 6. The maximum absolute atomic E-state index is 15.0. The highest BCUT2D eigenvalue weighted by Gasteiger charge is 2.72. The Balaban J connectivity index is 1.74. The Bertz CT molecular complexity index is 1220. The van der Waals surface area contributed by atoms with Crippen molar-refractivity contribution in [1.82, 2.24) is 4.90 Å². The summed E-state index contributed by atoms with van der Waals surface area (Å²) in [6.45, 7) is 1.34. The third-order valence-corrected chi connectivity index (χ3v) is 7.86. The van der Waals surface area contributed by atoms with Gasteiger partial charge in [-0.25, -0.2) is 8.78 Å². The summed E-state index contributed by atoms with van der Waals surface area (Å²) in [5.74, 6) is -2.31. The number of likely N-dealkylation sites (tertiary alicyclic amines) is 1. The van der Waals surface area contributed by atoms with Gasteiger partial charge in [-0.3, -0.25) is 4.90 Å². The predicted molar refractivity (Wildman–Crippen MR) is 123 cm³/mol. The lowest BCUT2D eigenvalue weighted by Gasteiger charge is -2.34. The SMILES string of the molecule is OC(c1ccc([C@]2(Sc3ccc(F)cc3)CCN(Cc3ccccc3)C2)cc1F)(C(F)(F)F)C(F)(F)F. The number of nitrogens with zero attached hydrogens (tertiary/aromatic N) is 1. The Labute approximate surface area is 211 Å². The number of benzene rings is 3. The molecule has 1 fully saturated rings. The summed E-state index contributed by atoms with van der Waals surface area (Å²) in [7, 11) is 0. The van der Waals surface area contributed by atoms with E-state index in [-0.39, 0.29) is 5.56 Å². The monoisotopic (exact) mass is 547 g/mol. The second-order valence-corrected chi connectivity index (χ2v) is 10.4. The van der Waals surface area contributed by atoms with Crippen LogP contribution in [-0.4, -0.2) is 35.4 Å². The molecular formula is C26H21F8NOS. The molecule has 1 saturated heterocycles. The first-order valence-electron chi connectivity index (χ1n) is 11.1. The number of aliphatic hydroxyl groups is 1. The summed E-state index contributed by atoms with van der Waals surface area (Å²) in [6, 6.07) is 16.8. The molecule has 0 aromatic heterocycles. The summed E-state index contributed by atoms with van der Waals surface area (Å²) in [4.78, 5) is 2.63. The van der Waals surface area contributed by atoms with Gasteiger partial charge in [-0.2, -0.15) is 26.3 Å². The van der Waals surface area contributed by atoms with Crippen LogP contribution in [0.2, 0.25) is 0 Å². The van der Waals surface area contributed by atoms with Gasteiger partial charge in [0.05, 0.1) is 4.75 Å². The standard InChI is InChI=1S/C26H21F8NOS/c27-19-7-9-20(10-8-19)37-23(12-13-35(16-23)15-17-4-2-1-3-5-17)18-6-11-21(22(28)14-18)24(36,25(29,30)31)26(32,33)34/h1-11,14,36H,12-13,15-16H2/t23-/m0/s1. The first-order valence-corrected chi connectivity index (χ1v) is 11.9. The van der Waals surface area contributed by atoms with Crippen molar-refractivity contribution in [3.63, 3.8) is 0 Å². The van der Waals surface area contributed by atoms with E-state index < -0.39 is 39.9 Å². The second kappa shape index (κ2) is 9.92. The number of hydrogen-bond donors (Lipinski definition) is 1. The van der Waals surface area contributed by atoms with Gasteiger partial charge in [-0.1, -0.05) is 42.5 Å². The molecule has 0 bridgehead atoms. The Morgan fingerprint density at radius 1 is 0.838 bits per heavy atom. The highest BCUT2D eigenvalue weighted by molar-refractivity contribution is 8.00. The molecule has 4 rings (SSSR count). The number of alkyl halides is 6. The Kier molecular flexibility index (Phi) is 7.35. The molecule has 0 aliphatic carbocycles. The highest BCUT2D eigenvalue weighted by atomic mass is 32.2. The fourth-order valence-electron chi connectivity index (χ4n) is 4.50. The number of halogens is 8. The predicted octanol–water partition coefficient (Wildman–Crippen LogP) is 7.17. The third kappa shape index (κ3) is 5.35. The molecule has 0 amide bonds. The van der Waals surface area contributed by atoms with Gasteiger partial charge in [-0.15, -0.1) is 11.8 Å². The lowest BCUT2D eigenvalue weighted by atomic mass is 9.88. The molecule has 1 heterocycles. The quantitative estimate of drug-likeness (QED) is 0.331. The van der Waals surface area contributed by atoms with Crippen LogP contribution in [0.25, 0.3) is 0 Å². The van der Waals surface area contributed by atoms with Crippen molar-refractivity contribution in [2.45, 2.75) is 40.6 Å². The van der Waals surface area contributed by atoms with Crippen LogP contribution >= 0.6 is 11.8 Å². The first kappa shape index (κ1) is 27.4. The molecule has 0 unspecified atom stereocenters. The molecule has 2 nitrogen and oxygen atoms in total. The summed E-state index contributed by atoms with van der Waals surface area (Å²) < 4.78 is 108. The van der Waals surface area contributed by atoms with Crippen LogP contribution in [0, 0.1) is 11.6 Å². The van der Waals surface area contributed by atoms with Gasteiger partial charge in [0, 0.05) is 30.1 Å². The van der Waals surface area contributed by atoms with Crippen molar-refractivity contribution >= 4 is 11.8 Å². The molecule has 198 valence electrons. The molecule has 11 heteroatoms. The van der Waals surface area contributed by atoms with E-state index >= 15 is 4.39 Å². The lowest BCUT2D eigenvalue weighted by Crippen LogP contribution is -2.54. The molecular weight excluding hydrogens is 526 g/mol. The van der Waals surface area contributed by atoms with Gasteiger partial charge in [0.15, 0.2) is 0 Å². The minimum absolute atomic E-state index is 0.158. The molecule has 3 aromatic carbocycles. The van der Waals surface area contributed by atoms with Crippen molar-refractivity contribution < 1.29 is 40.2 Å². The van der Waals surface area contributed by atoms with E-state index in [4.69, 9.17) is 0 Å². The van der Waals surface area contributed by atoms with Gasteiger partial charge >= 0.3 is 12.4 Å². The average molecular weight is 548 g/mol. The lowest BCUT2D eigenvalue weighted by molar-refractivity contribution is -0.377. The van der Waals surface area contributed by atoms with Crippen LogP contribution in [0.3, 0.4) is 0 Å². The van der Waals surface area contributed by atoms with E-state index in [1.54, 1.807) is 0 Å². The number of hydrogen-bond acceptors (Lipinski definition) is 3. The van der Waals surface area contributed by atoms with Gasteiger partial charge in [-0.05, 0) is 47.9 Å². The minimum Gasteiger partial charge on any atom is -0.369 e. The normalized spacial score (nSPS) is 19.4. The van der Waals surface area contributed by atoms with E-state index in [9.17, 15) is 35.8 Å². The maximum atomic E-state index is 15.0. The zero-order valence-corrected chi connectivity index (χ0v) is 19.9. The fourth-order valence-corrected chi connectivity index (χ4v) is 5.91. The molecule has 1 N–H and O–H groups in total. The molecule has 1 aliphatic rings. The van der Waals surface area contributed by atoms with E-state index in [2.05, 4.69) is 0 Å². The topological polar surface area (TPSA) is 23.5 Å². The van der Waals surface area contributed by atoms with Crippen LogP contribution in [0.15, 0.2) is 77.7 Å². The summed E-state index contributed by atoms with van der Waals surface area (Å²) in [6.07, 6.45) is -12.0. The molecule has 1 aliphatic heterocycles. The molecule has 0 spiro atoms. The minimum atomic E-state index is -6.20. The maximum Gasteiger partial charge on any atom is 0.430 e. The van der Waals surface area contributed by atoms with Crippen LogP contribution in [0.4, 0.5) is 35.1 Å². The van der Waals surface area contributed by atoms with Gasteiger partial charge in [0.25, 0.3) is 5.60 Å². The smallest absolute Gasteiger partial charge is 0.369 e. The van der Waals surface area contributed by atoms with Gasteiger partial charge in [0.1, 0.15) is 11.6 Å². The molecule has 37 heavy (non-hydrogen) atoms. The van der Waals surface area contributed by atoms with Crippen LogP contribution in [0.5, 0.6) is 0 Å². The highest BCUT2D eigenvalue weighted by Crippen LogP contribution is 2.53. The van der Waals surface area contributed by atoms with Crippen molar-refractivity contribution in [2.75, 3.05) is 13.1 Å². The van der Waals surface area contributed by atoms with Gasteiger partial charge in [0.2, 0.25) is 0 Å². The molecule has 0 radical (unpaired) electrons. The summed E-state index contributed by atoms with van der Waals surface area (Å²) in [5.41, 5.74) is -6.13. The van der Waals surface area contributed by atoms with E-state index in [0.29, 0.717) is 43.1 Å². The molecule has 0 saturated carbocycles. The van der Waals surface area contributed by atoms with Crippen molar-refractivity contribution in [1.29, 1.82) is 0 Å². The zero-order chi connectivity index (χ0) is 27.1.